The molecule has 1 aromatic rings. The lowest BCUT2D eigenvalue weighted by atomic mass is 9.96. The number of piperidine rings is 1. The van der Waals surface area contributed by atoms with Crippen molar-refractivity contribution in [3.05, 3.63) is 46.9 Å². The zero-order valence-electron chi connectivity index (χ0n) is 18.9. The number of carbonyl (C=O) groups is 2. The first kappa shape index (κ1) is 21.9. The number of dihydropyridines is 1. The molecule has 3 unspecified atom stereocenters. The van der Waals surface area contributed by atoms with Gasteiger partial charge in [0.05, 0.1) is 30.9 Å². The molecule has 8 heteroatoms. The van der Waals surface area contributed by atoms with Crippen LogP contribution >= 0.6 is 0 Å². The molecule has 1 amide bonds. The number of amides is 1. The Morgan fingerprint density at radius 2 is 2.24 bits per heavy atom. The standard InChI is InChI=1S/C25H32N4O4/c30-23(31)14-21(18-13-22-20(27-15-18)9-12-33-22)29-11-8-17(25(29)32)3-1-5-19-7-6-16-4-2-10-26-24(16)28-19/h6-7,13,15,17,21,24,26,28H,1-5,8-12,14H2,(H,30,31). The fraction of sp³-hybridized carbons (Fsp3) is 0.560. The van der Waals surface area contributed by atoms with Crippen LogP contribution in [0, 0.1) is 5.92 Å². The highest BCUT2D eigenvalue weighted by Crippen LogP contribution is 2.36. The van der Waals surface area contributed by atoms with Gasteiger partial charge in [-0.2, -0.15) is 0 Å². The predicted molar refractivity (Wildman–Crippen MR) is 122 cm³/mol. The molecular formula is C25H32N4O4. The third kappa shape index (κ3) is 4.76. The minimum atomic E-state index is -0.920. The van der Waals surface area contributed by atoms with Gasteiger partial charge in [0.2, 0.25) is 5.91 Å². The lowest BCUT2D eigenvalue weighted by molar-refractivity contribution is -0.140. The number of likely N-dealkylation sites (tertiary alicyclic amines) is 1. The number of aromatic nitrogens is 1. The van der Waals surface area contributed by atoms with Gasteiger partial charge in [-0.1, -0.05) is 6.08 Å². The van der Waals surface area contributed by atoms with Gasteiger partial charge in [0.1, 0.15) is 5.75 Å². The van der Waals surface area contributed by atoms with Gasteiger partial charge in [0.25, 0.3) is 0 Å². The van der Waals surface area contributed by atoms with Gasteiger partial charge in [0.15, 0.2) is 0 Å². The van der Waals surface area contributed by atoms with E-state index in [1.54, 1.807) is 11.1 Å². The number of allylic oxidation sites excluding steroid dienone is 3. The van der Waals surface area contributed by atoms with Crippen LogP contribution in [0.2, 0.25) is 0 Å². The molecular weight excluding hydrogens is 420 g/mol. The molecule has 176 valence electrons. The summed E-state index contributed by atoms with van der Waals surface area (Å²) in [7, 11) is 0. The van der Waals surface area contributed by atoms with Gasteiger partial charge < -0.3 is 20.1 Å². The lowest BCUT2D eigenvalue weighted by Gasteiger charge is -2.32. The monoisotopic (exact) mass is 452 g/mol. The second-order valence-corrected chi connectivity index (χ2v) is 9.40. The molecule has 0 aliphatic carbocycles. The molecule has 1 aromatic heterocycles. The van der Waals surface area contributed by atoms with Crippen LogP contribution in [0.4, 0.5) is 0 Å². The van der Waals surface area contributed by atoms with Crippen molar-refractivity contribution in [1.82, 2.24) is 20.5 Å². The van der Waals surface area contributed by atoms with E-state index < -0.39 is 12.0 Å². The average Bonchev–Trinajstić information content (AvgIpc) is 3.43. The molecule has 2 fully saturated rings. The third-order valence-corrected chi connectivity index (χ3v) is 7.22. The average molecular weight is 453 g/mol. The Balaban J connectivity index is 1.20. The van der Waals surface area contributed by atoms with Gasteiger partial charge in [-0.05, 0) is 68.3 Å². The van der Waals surface area contributed by atoms with E-state index in [4.69, 9.17) is 4.74 Å². The van der Waals surface area contributed by atoms with Gasteiger partial charge >= 0.3 is 5.97 Å². The van der Waals surface area contributed by atoms with E-state index in [-0.39, 0.29) is 24.4 Å². The summed E-state index contributed by atoms with van der Waals surface area (Å²) in [5, 5.41) is 16.6. The fourth-order valence-corrected chi connectivity index (χ4v) is 5.43. The number of ether oxygens (including phenoxy) is 1. The Bertz CT molecular complexity index is 989. The summed E-state index contributed by atoms with van der Waals surface area (Å²) >= 11 is 0. The normalized spacial score (nSPS) is 24.8. The highest BCUT2D eigenvalue weighted by atomic mass is 16.5. The van der Waals surface area contributed by atoms with Crippen molar-refractivity contribution >= 4 is 11.9 Å². The first-order valence-electron chi connectivity index (χ1n) is 12.1. The maximum Gasteiger partial charge on any atom is 0.305 e. The highest BCUT2D eigenvalue weighted by Gasteiger charge is 2.37. The van der Waals surface area contributed by atoms with Crippen molar-refractivity contribution in [3.8, 4) is 5.75 Å². The van der Waals surface area contributed by atoms with Gasteiger partial charge in [-0.15, -0.1) is 0 Å². The van der Waals surface area contributed by atoms with E-state index in [0.717, 1.165) is 56.3 Å². The van der Waals surface area contributed by atoms with Crippen molar-refractivity contribution in [2.75, 3.05) is 19.7 Å². The van der Waals surface area contributed by atoms with Crippen LogP contribution in [0.25, 0.3) is 0 Å². The Hall–Kier alpha value is -2.87. The number of hydrogen-bond donors (Lipinski definition) is 3. The number of carboxylic acids is 1. The van der Waals surface area contributed by atoms with Crippen LogP contribution in [-0.2, 0) is 16.0 Å². The third-order valence-electron chi connectivity index (χ3n) is 7.22. The van der Waals surface area contributed by atoms with Crippen LogP contribution in [0.5, 0.6) is 5.75 Å². The number of pyridine rings is 1. The zero-order valence-corrected chi connectivity index (χ0v) is 18.9. The molecule has 3 N–H and O–H groups in total. The first-order valence-corrected chi connectivity index (χ1v) is 12.1. The van der Waals surface area contributed by atoms with Crippen LogP contribution in [0.3, 0.4) is 0 Å². The maximum absolute atomic E-state index is 13.2. The fourth-order valence-electron chi connectivity index (χ4n) is 5.43. The minimum absolute atomic E-state index is 0.0527. The van der Waals surface area contributed by atoms with Crippen LogP contribution < -0.4 is 15.4 Å². The van der Waals surface area contributed by atoms with E-state index in [2.05, 4.69) is 27.8 Å². The number of fused-ring (bicyclic) bond motifs is 2. The predicted octanol–water partition coefficient (Wildman–Crippen LogP) is 2.67. The molecule has 0 spiro atoms. The van der Waals surface area contributed by atoms with Crippen LogP contribution in [-0.4, -0.2) is 52.7 Å². The molecule has 0 bridgehead atoms. The molecule has 2 saturated heterocycles. The van der Waals surface area contributed by atoms with Crippen molar-refractivity contribution in [2.24, 2.45) is 5.92 Å². The van der Waals surface area contributed by atoms with Gasteiger partial charge in [-0.25, -0.2) is 0 Å². The topological polar surface area (TPSA) is 104 Å². The summed E-state index contributed by atoms with van der Waals surface area (Å²) in [4.78, 5) is 31.0. The van der Waals surface area contributed by atoms with Crippen molar-refractivity contribution in [2.45, 2.75) is 63.6 Å². The molecule has 4 aliphatic heterocycles. The second-order valence-electron chi connectivity index (χ2n) is 9.40. The summed E-state index contributed by atoms with van der Waals surface area (Å²) in [6, 6.07) is 1.36. The molecule has 0 radical (unpaired) electrons. The number of aliphatic carboxylic acids is 1. The SMILES string of the molecule is O=C(O)CC(c1cnc2c(c1)OCC2)N1CCC(CCCC2=CC=C3CCCNC3N2)C1=O. The smallest absolute Gasteiger partial charge is 0.305 e. The number of carbonyl (C=O) groups excluding carboxylic acids is 1. The molecule has 33 heavy (non-hydrogen) atoms. The van der Waals surface area contributed by atoms with Crippen LogP contribution in [0.1, 0.15) is 62.2 Å². The summed E-state index contributed by atoms with van der Waals surface area (Å²) in [5.41, 5.74) is 4.27. The molecule has 5 heterocycles. The van der Waals surface area contributed by atoms with E-state index >= 15 is 0 Å². The van der Waals surface area contributed by atoms with Crippen molar-refractivity contribution in [1.29, 1.82) is 0 Å². The summed E-state index contributed by atoms with van der Waals surface area (Å²) < 4.78 is 5.62. The number of nitrogens with zero attached hydrogens (tertiary/aromatic N) is 2. The second kappa shape index (κ2) is 9.55. The quantitative estimate of drug-likeness (QED) is 0.557. The summed E-state index contributed by atoms with van der Waals surface area (Å²) in [6.07, 6.45) is 12.8. The molecule has 4 aliphatic rings. The molecule has 5 rings (SSSR count). The number of hydrogen-bond acceptors (Lipinski definition) is 6. The van der Waals surface area contributed by atoms with Gasteiger partial charge in [0, 0.05) is 30.8 Å². The Kier molecular flexibility index (Phi) is 6.35. The molecule has 0 aromatic carbocycles. The Labute approximate surface area is 194 Å². The van der Waals surface area contributed by atoms with E-state index in [0.29, 0.717) is 18.9 Å². The summed E-state index contributed by atoms with van der Waals surface area (Å²) in [6.45, 7) is 2.22. The van der Waals surface area contributed by atoms with Crippen molar-refractivity contribution < 1.29 is 19.4 Å². The number of rotatable bonds is 8. The molecule has 3 atom stereocenters. The molecule has 0 saturated carbocycles. The maximum atomic E-state index is 13.2. The lowest BCUT2D eigenvalue weighted by Crippen LogP contribution is -2.47. The van der Waals surface area contributed by atoms with Crippen molar-refractivity contribution in [3.63, 3.8) is 0 Å². The van der Waals surface area contributed by atoms with Crippen LogP contribution in [0.15, 0.2) is 35.7 Å². The van der Waals surface area contributed by atoms with Gasteiger partial charge in [-0.3, -0.25) is 19.9 Å². The van der Waals surface area contributed by atoms with E-state index in [1.807, 2.05) is 6.07 Å². The highest BCUT2D eigenvalue weighted by molar-refractivity contribution is 5.82. The first-order chi connectivity index (χ1) is 16.1. The number of nitrogens with one attached hydrogen (secondary N) is 2. The summed E-state index contributed by atoms with van der Waals surface area (Å²) in [5.74, 6) is -0.201. The zero-order chi connectivity index (χ0) is 22.8. The Morgan fingerprint density at radius 3 is 3.12 bits per heavy atom. The Morgan fingerprint density at radius 1 is 1.33 bits per heavy atom. The molecule has 8 nitrogen and oxygen atoms in total. The number of carboxylic acid groups (broad SMARTS) is 1. The largest absolute Gasteiger partial charge is 0.491 e. The van der Waals surface area contributed by atoms with E-state index in [1.165, 1.54) is 17.7 Å². The minimum Gasteiger partial charge on any atom is -0.491 e. The van der Waals surface area contributed by atoms with E-state index in [9.17, 15) is 14.7 Å².